The van der Waals surface area contributed by atoms with Crippen LogP contribution in [0.3, 0.4) is 0 Å². The van der Waals surface area contributed by atoms with E-state index >= 15 is 0 Å². The molecule has 11 heteroatoms. The molecule has 1 saturated carbocycles. The number of likely N-dealkylation sites (tertiary alicyclic amines) is 1. The maximum absolute atomic E-state index is 13.2. The lowest BCUT2D eigenvalue weighted by Crippen LogP contribution is -2.41. The topological polar surface area (TPSA) is 125 Å². The van der Waals surface area contributed by atoms with Crippen molar-refractivity contribution in [1.82, 2.24) is 34.8 Å². The molecule has 0 bridgehead atoms. The molecule has 5 heterocycles. The molecular weight excluding hydrogens is 522 g/mol. The van der Waals surface area contributed by atoms with Gasteiger partial charge in [-0.05, 0) is 71.5 Å². The lowest BCUT2D eigenvalue weighted by atomic mass is 9.64. The predicted molar refractivity (Wildman–Crippen MR) is 148 cm³/mol. The molecule has 2 aliphatic carbocycles. The van der Waals surface area contributed by atoms with Gasteiger partial charge in [0.1, 0.15) is 30.4 Å². The summed E-state index contributed by atoms with van der Waals surface area (Å²) < 4.78 is 19.6. The Bertz CT molecular complexity index is 1540. The van der Waals surface area contributed by atoms with Gasteiger partial charge in [0.15, 0.2) is 17.3 Å². The van der Waals surface area contributed by atoms with Gasteiger partial charge in [-0.15, -0.1) is 0 Å². The second kappa shape index (κ2) is 10.5. The van der Waals surface area contributed by atoms with Gasteiger partial charge in [-0.2, -0.15) is 10.1 Å². The number of carbonyl (C=O) groups excluding carboxylic acids is 1. The standard InChI is InChI=1S/C30H35N7O4/c1-19(23-8-6-14-36(23)2)40-25-17-22(21-10-15-37(34-21)18-26-31-13-16-39-26)32-29(33-25)27-20-7-5-12-30(28(20)41-35-27)11-4-3-9-24(30)38/h10,13,15-17,19,23H,3-9,11-12,14,18H2,1-2H3/t19-,23-,30+/m0/s1. The van der Waals surface area contributed by atoms with Gasteiger partial charge < -0.3 is 13.7 Å². The minimum absolute atomic E-state index is 0.0602. The lowest BCUT2D eigenvalue weighted by Gasteiger charge is -2.36. The van der Waals surface area contributed by atoms with Crippen LogP contribution < -0.4 is 4.74 Å². The number of ketones is 1. The number of hydrogen-bond acceptors (Lipinski definition) is 10. The molecule has 3 atom stereocenters. The summed E-state index contributed by atoms with van der Waals surface area (Å²) in [4.78, 5) is 29.5. The third kappa shape index (κ3) is 4.75. The van der Waals surface area contributed by atoms with Crippen LogP contribution in [0.5, 0.6) is 5.88 Å². The highest BCUT2D eigenvalue weighted by molar-refractivity contribution is 5.91. The molecule has 11 nitrogen and oxygen atoms in total. The summed E-state index contributed by atoms with van der Waals surface area (Å²) in [5, 5.41) is 9.22. The van der Waals surface area contributed by atoms with Crippen molar-refractivity contribution in [3.8, 4) is 28.8 Å². The molecule has 0 aromatic carbocycles. The second-order valence-corrected chi connectivity index (χ2v) is 11.7. The Balaban J connectivity index is 1.27. The van der Waals surface area contributed by atoms with E-state index in [2.05, 4.69) is 29.0 Å². The molecule has 214 valence electrons. The maximum Gasteiger partial charge on any atom is 0.217 e. The van der Waals surface area contributed by atoms with Crippen molar-refractivity contribution in [2.75, 3.05) is 13.6 Å². The number of likely N-dealkylation sites (N-methyl/N-ethyl adjacent to an activating group) is 1. The third-order valence-electron chi connectivity index (χ3n) is 9.07. The Hall–Kier alpha value is -3.86. The van der Waals surface area contributed by atoms with E-state index in [1.165, 1.54) is 0 Å². The molecule has 1 spiro atoms. The van der Waals surface area contributed by atoms with Crippen molar-refractivity contribution < 1.29 is 18.5 Å². The van der Waals surface area contributed by atoms with E-state index in [0.717, 1.165) is 69.2 Å². The molecule has 0 radical (unpaired) electrons. The number of nitrogens with zero attached hydrogens (tertiary/aromatic N) is 7. The van der Waals surface area contributed by atoms with Crippen LogP contribution in [0, 0.1) is 0 Å². The van der Waals surface area contributed by atoms with Crippen LogP contribution in [0.25, 0.3) is 22.9 Å². The van der Waals surface area contributed by atoms with E-state index in [9.17, 15) is 4.79 Å². The van der Waals surface area contributed by atoms with Gasteiger partial charge in [0.25, 0.3) is 0 Å². The molecule has 1 aliphatic heterocycles. The van der Waals surface area contributed by atoms with Gasteiger partial charge in [0.2, 0.25) is 11.8 Å². The van der Waals surface area contributed by atoms with E-state index in [4.69, 9.17) is 28.7 Å². The first kappa shape index (κ1) is 26.1. The molecule has 1 saturated heterocycles. The van der Waals surface area contributed by atoms with E-state index in [1.54, 1.807) is 17.1 Å². The minimum Gasteiger partial charge on any atom is -0.473 e. The van der Waals surface area contributed by atoms with Gasteiger partial charge in [-0.1, -0.05) is 11.6 Å². The quantitative estimate of drug-likeness (QED) is 0.318. The summed E-state index contributed by atoms with van der Waals surface area (Å²) in [6, 6.07) is 4.06. The number of oxazole rings is 1. The summed E-state index contributed by atoms with van der Waals surface area (Å²) >= 11 is 0. The molecule has 41 heavy (non-hydrogen) atoms. The molecule has 0 unspecified atom stereocenters. The highest BCUT2D eigenvalue weighted by atomic mass is 16.5. The molecule has 4 aromatic rings. The first-order valence-corrected chi connectivity index (χ1v) is 14.7. The van der Waals surface area contributed by atoms with Crippen molar-refractivity contribution in [2.24, 2.45) is 0 Å². The van der Waals surface area contributed by atoms with Gasteiger partial charge >= 0.3 is 0 Å². The SMILES string of the molecule is C[C@H](Oc1cc(-c2ccn(Cc3ncco3)n2)nc(-c2noc3c2CCC[C@@]32CCCCC2=O)n1)[C@@H]1CCCN1C. The van der Waals surface area contributed by atoms with E-state index in [1.807, 2.05) is 18.3 Å². The smallest absolute Gasteiger partial charge is 0.217 e. The number of carbonyl (C=O) groups is 1. The summed E-state index contributed by atoms with van der Waals surface area (Å²) in [6.07, 6.45) is 13.1. The molecule has 3 aliphatic rings. The normalized spacial score (nSPS) is 23.7. The fraction of sp³-hybridized carbons (Fsp3) is 0.533. The van der Waals surface area contributed by atoms with Gasteiger partial charge in [-0.25, -0.2) is 9.97 Å². The molecule has 4 aromatic heterocycles. The van der Waals surface area contributed by atoms with Crippen molar-refractivity contribution in [3.63, 3.8) is 0 Å². The van der Waals surface area contributed by atoms with Crippen LogP contribution in [0.15, 0.2) is 39.7 Å². The summed E-state index contributed by atoms with van der Waals surface area (Å²) in [7, 11) is 2.14. The zero-order valence-corrected chi connectivity index (χ0v) is 23.6. The summed E-state index contributed by atoms with van der Waals surface area (Å²) in [5.41, 5.74) is 2.28. The van der Waals surface area contributed by atoms with E-state index < -0.39 is 5.41 Å². The monoisotopic (exact) mass is 557 g/mol. The van der Waals surface area contributed by atoms with Crippen LogP contribution >= 0.6 is 0 Å². The fourth-order valence-corrected chi connectivity index (χ4v) is 6.95. The fourth-order valence-electron chi connectivity index (χ4n) is 6.95. The number of hydrogen-bond donors (Lipinski definition) is 0. The number of ether oxygens (including phenoxy) is 1. The van der Waals surface area contributed by atoms with Crippen molar-refractivity contribution in [3.05, 3.63) is 48.0 Å². The molecule has 0 N–H and O–H groups in total. The zero-order valence-electron chi connectivity index (χ0n) is 23.6. The van der Waals surface area contributed by atoms with Gasteiger partial charge in [-0.3, -0.25) is 14.4 Å². The van der Waals surface area contributed by atoms with Gasteiger partial charge in [0.05, 0.1) is 17.3 Å². The van der Waals surface area contributed by atoms with Crippen LogP contribution in [-0.4, -0.2) is 66.3 Å². The second-order valence-electron chi connectivity index (χ2n) is 11.7. The average Bonchev–Trinajstić information content (AvgIpc) is 3.79. The number of fused-ring (bicyclic) bond motifs is 2. The minimum atomic E-state index is -0.561. The van der Waals surface area contributed by atoms with E-state index in [-0.39, 0.29) is 11.9 Å². The summed E-state index contributed by atoms with van der Waals surface area (Å²) in [5.74, 6) is 2.46. The Labute approximate surface area is 238 Å². The number of aromatic nitrogens is 6. The molecule has 0 amide bonds. The molecular formula is C30H35N7O4. The van der Waals surface area contributed by atoms with Crippen LogP contribution in [-0.2, 0) is 23.2 Å². The Morgan fingerprint density at radius 1 is 1.15 bits per heavy atom. The molecule has 2 fully saturated rings. The Morgan fingerprint density at radius 3 is 2.85 bits per heavy atom. The average molecular weight is 558 g/mol. The highest BCUT2D eigenvalue weighted by Gasteiger charge is 2.48. The Kier molecular flexibility index (Phi) is 6.69. The lowest BCUT2D eigenvalue weighted by molar-refractivity contribution is -0.128. The van der Waals surface area contributed by atoms with Crippen LogP contribution in [0.4, 0.5) is 0 Å². The van der Waals surface area contributed by atoms with Gasteiger partial charge in [0, 0.05) is 30.3 Å². The van der Waals surface area contributed by atoms with Crippen molar-refractivity contribution in [2.45, 2.75) is 88.8 Å². The maximum atomic E-state index is 13.2. The zero-order chi connectivity index (χ0) is 28.0. The largest absolute Gasteiger partial charge is 0.473 e. The number of rotatable bonds is 7. The van der Waals surface area contributed by atoms with Crippen molar-refractivity contribution in [1.29, 1.82) is 0 Å². The highest BCUT2D eigenvalue weighted by Crippen LogP contribution is 2.47. The predicted octanol–water partition coefficient (Wildman–Crippen LogP) is 4.61. The third-order valence-corrected chi connectivity index (χ3v) is 9.07. The summed E-state index contributed by atoms with van der Waals surface area (Å²) in [6.45, 7) is 3.56. The van der Waals surface area contributed by atoms with Crippen molar-refractivity contribution >= 4 is 5.78 Å². The van der Waals surface area contributed by atoms with E-state index in [0.29, 0.717) is 53.7 Å². The Morgan fingerprint density at radius 2 is 2.05 bits per heavy atom. The van der Waals surface area contributed by atoms with Crippen LogP contribution in [0.1, 0.15) is 75.5 Å². The first-order valence-electron chi connectivity index (χ1n) is 14.7. The van der Waals surface area contributed by atoms with Crippen LogP contribution in [0.2, 0.25) is 0 Å². The number of Topliss-reactive ketones (excluding diaryl/α,β-unsaturated/α-hetero) is 1. The first-order chi connectivity index (χ1) is 20.0. The molecule has 7 rings (SSSR count).